The molecule has 1 aromatic heterocycles. The highest BCUT2D eigenvalue weighted by molar-refractivity contribution is 7.22. The van der Waals surface area contributed by atoms with Crippen LogP contribution in [0.15, 0.2) is 18.2 Å². The maximum atomic E-state index is 5.94. The van der Waals surface area contributed by atoms with Crippen molar-refractivity contribution < 1.29 is 4.74 Å². The Morgan fingerprint density at radius 1 is 1.47 bits per heavy atom. The zero-order valence-electron chi connectivity index (χ0n) is 9.28. The van der Waals surface area contributed by atoms with E-state index in [4.69, 9.17) is 16.3 Å². The summed E-state index contributed by atoms with van der Waals surface area (Å²) < 4.78 is 6.60. The second-order valence-electron chi connectivity index (χ2n) is 4.19. The second-order valence-corrected chi connectivity index (χ2v) is 5.66. The molecule has 0 aliphatic carbocycles. The zero-order chi connectivity index (χ0) is 11.7. The third-order valence-electron chi connectivity index (χ3n) is 2.84. The van der Waals surface area contributed by atoms with Crippen LogP contribution in [0.2, 0.25) is 5.02 Å². The highest BCUT2D eigenvalue weighted by Crippen LogP contribution is 2.29. The molecule has 3 rings (SSSR count). The Kier molecular flexibility index (Phi) is 3.18. The maximum absolute atomic E-state index is 5.94. The van der Waals surface area contributed by atoms with Gasteiger partial charge in [-0.25, -0.2) is 4.98 Å². The van der Waals surface area contributed by atoms with Gasteiger partial charge >= 0.3 is 0 Å². The lowest BCUT2D eigenvalue weighted by Gasteiger charge is -2.22. The van der Waals surface area contributed by atoms with Crippen LogP contribution in [0.25, 0.3) is 10.2 Å². The molecule has 5 heteroatoms. The zero-order valence-corrected chi connectivity index (χ0v) is 10.9. The number of hydrogen-bond donors (Lipinski definition) is 1. The molecule has 1 fully saturated rings. The van der Waals surface area contributed by atoms with Gasteiger partial charge in [0, 0.05) is 11.6 Å². The van der Waals surface area contributed by atoms with E-state index in [9.17, 15) is 0 Å². The van der Waals surface area contributed by atoms with Gasteiger partial charge in [0.1, 0.15) is 0 Å². The predicted molar refractivity (Wildman–Crippen MR) is 72.1 cm³/mol. The molecule has 1 unspecified atom stereocenters. The smallest absolute Gasteiger partial charge is 0.184 e. The van der Waals surface area contributed by atoms with Crippen LogP contribution in [0.1, 0.15) is 12.8 Å². The Hall–Kier alpha value is -0.840. The fourth-order valence-corrected chi connectivity index (χ4v) is 3.08. The number of halogens is 1. The van der Waals surface area contributed by atoms with Crippen molar-refractivity contribution in [3.05, 3.63) is 23.2 Å². The summed E-state index contributed by atoms with van der Waals surface area (Å²) in [7, 11) is 0. The van der Waals surface area contributed by atoms with E-state index in [2.05, 4.69) is 10.3 Å². The van der Waals surface area contributed by atoms with Crippen LogP contribution in [0.5, 0.6) is 0 Å². The van der Waals surface area contributed by atoms with Gasteiger partial charge in [0.15, 0.2) is 5.13 Å². The van der Waals surface area contributed by atoms with Crippen molar-refractivity contribution in [3.63, 3.8) is 0 Å². The Bertz CT molecular complexity index is 522. The molecular weight excluding hydrogens is 256 g/mol. The van der Waals surface area contributed by atoms with Crippen LogP contribution in [0.4, 0.5) is 5.13 Å². The third kappa shape index (κ3) is 2.54. The summed E-state index contributed by atoms with van der Waals surface area (Å²) in [5.74, 6) is 0. The van der Waals surface area contributed by atoms with Crippen molar-refractivity contribution in [3.8, 4) is 0 Å². The molecule has 1 atom stereocenters. The normalized spacial score (nSPS) is 20.6. The largest absolute Gasteiger partial charge is 0.379 e. The van der Waals surface area contributed by atoms with Crippen LogP contribution >= 0.6 is 22.9 Å². The first-order valence-electron chi connectivity index (χ1n) is 5.71. The summed E-state index contributed by atoms with van der Waals surface area (Å²) in [5.41, 5.74) is 0.960. The number of benzene rings is 1. The molecule has 2 aromatic rings. The molecule has 2 heterocycles. The van der Waals surface area contributed by atoms with E-state index in [1.54, 1.807) is 11.3 Å². The molecule has 0 radical (unpaired) electrons. The highest BCUT2D eigenvalue weighted by atomic mass is 35.5. The summed E-state index contributed by atoms with van der Waals surface area (Å²) in [6.45, 7) is 1.66. The second kappa shape index (κ2) is 4.80. The molecular formula is C12H13ClN2OS. The molecule has 0 bridgehead atoms. The summed E-state index contributed by atoms with van der Waals surface area (Å²) >= 11 is 7.61. The number of rotatable bonds is 2. The number of hydrogen-bond acceptors (Lipinski definition) is 4. The van der Waals surface area contributed by atoms with Crippen molar-refractivity contribution in [1.82, 2.24) is 4.98 Å². The summed E-state index contributed by atoms with van der Waals surface area (Å²) in [6.07, 6.45) is 2.27. The lowest BCUT2D eigenvalue weighted by molar-refractivity contribution is 0.0876. The van der Waals surface area contributed by atoms with E-state index in [0.29, 0.717) is 6.04 Å². The first-order chi connectivity index (χ1) is 8.31. The van der Waals surface area contributed by atoms with E-state index >= 15 is 0 Å². The van der Waals surface area contributed by atoms with Crippen molar-refractivity contribution in [1.29, 1.82) is 0 Å². The number of thiazole rings is 1. The minimum absolute atomic E-state index is 0.389. The van der Waals surface area contributed by atoms with E-state index in [1.807, 2.05) is 18.2 Å². The van der Waals surface area contributed by atoms with Crippen LogP contribution in [-0.4, -0.2) is 24.2 Å². The van der Waals surface area contributed by atoms with Crippen molar-refractivity contribution >= 4 is 38.3 Å². The number of fused-ring (bicyclic) bond motifs is 1. The number of nitrogens with zero attached hydrogens (tertiary/aromatic N) is 1. The molecule has 0 saturated carbocycles. The van der Waals surface area contributed by atoms with E-state index < -0.39 is 0 Å². The molecule has 1 aliphatic heterocycles. The highest BCUT2D eigenvalue weighted by Gasteiger charge is 2.15. The minimum Gasteiger partial charge on any atom is -0.379 e. The Balaban J connectivity index is 1.80. The molecule has 1 N–H and O–H groups in total. The first kappa shape index (κ1) is 11.3. The summed E-state index contributed by atoms with van der Waals surface area (Å²) in [4.78, 5) is 4.54. The minimum atomic E-state index is 0.389. The van der Waals surface area contributed by atoms with Crippen LogP contribution in [0, 0.1) is 0 Å². The SMILES string of the molecule is Clc1ccc2sc(NC3CCCOC3)nc2c1. The third-order valence-corrected chi connectivity index (χ3v) is 4.04. The predicted octanol–water partition coefficient (Wildman–Crippen LogP) is 3.54. The van der Waals surface area contributed by atoms with Gasteiger partial charge in [-0.15, -0.1) is 0 Å². The average molecular weight is 269 g/mol. The van der Waals surface area contributed by atoms with Crippen LogP contribution in [0.3, 0.4) is 0 Å². The topological polar surface area (TPSA) is 34.1 Å². The average Bonchev–Trinajstić information content (AvgIpc) is 2.71. The van der Waals surface area contributed by atoms with E-state index in [1.165, 1.54) is 0 Å². The molecule has 1 aliphatic rings. The van der Waals surface area contributed by atoms with Gasteiger partial charge in [-0.05, 0) is 31.0 Å². The standard InChI is InChI=1S/C12H13ClN2OS/c13-8-3-4-11-10(6-8)15-12(17-11)14-9-2-1-5-16-7-9/h3-4,6,9H,1-2,5,7H2,(H,14,15). The fourth-order valence-electron chi connectivity index (χ4n) is 1.99. The molecule has 1 aromatic carbocycles. The Morgan fingerprint density at radius 3 is 3.24 bits per heavy atom. The number of aromatic nitrogens is 1. The monoisotopic (exact) mass is 268 g/mol. The summed E-state index contributed by atoms with van der Waals surface area (Å²) in [6, 6.07) is 6.20. The molecule has 3 nitrogen and oxygen atoms in total. The molecule has 90 valence electrons. The van der Waals surface area contributed by atoms with Crippen LogP contribution in [-0.2, 0) is 4.74 Å². The van der Waals surface area contributed by atoms with E-state index in [-0.39, 0.29) is 0 Å². The van der Waals surface area contributed by atoms with Crippen molar-refractivity contribution in [2.45, 2.75) is 18.9 Å². The van der Waals surface area contributed by atoms with Crippen molar-refractivity contribution in [2.24, 2.45) is 0 Å². The van der Waals surface area contributed by atoms with Gasteiger partial charge < -0.3 is 10.1 Å². The van der Waals surface area contributed by atoms with E-state index in [0.717, 1.165) is 46.4 Å². The number of ether oxygens (including phenoxy) is 1. The first-order valence-corrected chi connectivity index (χ1v) is 6.91. The van der Waals surface area contributed by atoms with Crippen molar-refractivity contribution in [2.75, 3.05) is 18.5 Å². The molecule has 0 amide bonds. The molecule has 17 heavy (non-hydrogen) atoms. The number of anilines is 1. The van der Waals surface area contributed by atoms with Crippen LogP contribution < -0.4 is 5.32 Å². The summed E-state index contributed by atoms with van der Waals surface area (Å²) in [5, 5.41) is 5.12. The fraction of sp³-hybridized carbons (Fsp3) is 0.417. The lowest BCUT2D eigenvalue weighted by atomic mass is 10.1. The Morgan fingerprint density at radius 2 is 2.41 bits per heavy atom. The maximum Gasteiger partial charge on any atom is 0.184 e. The molecule has 1 saturated heterocycles. The molecule has 0 spiro atoms. The quantitative estimate of drug-likeness (QED) is 0.905. The van der Waals surface area contributed by atoms with Gasteiger partial charge in [0.25, 0.3) is 0 Å². The van der Waals surface area contributed by atoms with Gasteiger partial charge in [0.2, 0.25) is 0 Å². The lowest BCUT2D eigenvalue weighted by Crippen LogP contribution is -2.29. The van der Waals surface area contributed by atoms with Gasteiger partial charge in [0.05, 0.1) is 22.9 Å². The van der Waals surface area contributed by atoms with Gasteiger partial charge in [-0.2, -0.15) is 0 Å². The van der Waals surface area contributed by atoms with Gasteiger partial charge in [-0.1, -0.05) is 22.9 Å². The number of nitrogens with one attached hydrogen (secondary N) is 1. The Labute approximate surface area is 109 Å². The van der Waals surface area contributed by atoms with Gasteiger partial charge in [-0.3, -0.25) is 0 Å².